The first-order valence-corrected chi connectivity index (χ1v) is 11.0. The molecule has 1 aliphatic heterocycles. The smallest absolute Gasteiger partial charge is 0.251 e. The number of aromatic nitrogens is 3. The fourth-order valence-corrected chi connectivity index (χ4v) is 4.46. The third kappa shape index (κ3) is 3.80. The predicted octanol–water partition coefficient (Wildman–Crippen LogP) is 3.85. The second-order valence-electron chi connectivity index (χ2n) is 8.22. The number of pyridine rings is 2. The van der Waals surface area contributed by atoms with Crippen molar-refractivity contribution < 1.29 is 9.26 Å². The zero-order valence-electron chi connectivity index (χ0n) is 18.3. The highest BCUT2D eigenvalue weighted by Crippen LogP contribution is 2.41. The van der Waals surface area contributed by atoms with Gasteiger partial charge in [0, 0.05) is 12.3 Å². The zero-order valence-corrected chi connectivity index (χ0v) is 18.3. The third-order valence-corrected chi connectivity index (χ3v) is 6.02. The molecule has 32 heavy (non-hydrogen) atoms. The first-order valence-electron chi connectivity index (χ1n) is 11.0. The van der Waals surface area contributed by atoms with Crippen LogP contribution in [0, 0.1) is 13.8 Å². The second-order valence-corrected chi connectivity index (χ2v) is 8.22. The Morgan fingerprint density at radius 3 is 2.62 bits per heavy atom. The second kappa shape index (κ2) is 8.59. The molecule has 1 N–H and O–H groups in total. The van der Waals surface area contributed by atoms with E-state index >= 15 is 0 Å². The highest BCUT2D eigenvalue weighted by atomic mass is 16.5. The number of rotatable bonds is 5. The van der Waals surface area contributed by atoms with Crippen LogP contribution >= 0.6 is 0 Å². The normalized spacial score (nSPS) is 14.7. The summed E-state index contributed by atoms with van der Waals surface area (Å²) in [5.41, 5.74) is 4.03. The molecule has 7 nitrogen and oxygen atoms in total. The lowest BCUT2D eigenvalue weighted by Crippen LogP contribution is -2.34. The van der Waals surface area contributed by atoms with Crippen molar-refractivity contribution in [2.24, 2.45) is 0 Å². The maximum absolute atomic E-state index is 13.1. The average molecular weight is 431 g/mol. The van der Waals surface area contributed by atoms with Crippen molar-refractivity contribution in [3.05, 3.63) is 76.2 Å². The lowest BCUT2D eigenvalue weighted by Gasteiger charge is -2.26. The van der Waals surface area contributed by atoms with Crippen LogP contribution in [-0.2, 0) is 6.54 Å². The van der Waals surface area contributed by atoms with Crippen LogP contribution in [0.3, 0.4) is 0 Å². The van der Waals surface area contributed by atoms with Gasteiger partial charge >= 0.3 is 0 Å². The molecule has 0 amide bonds. The van der Waals surface area contributed by atoms with E-state index in [1.807, 2.05) is 50.2 Å². The van der Waals surface area contributed by atoms with Crippen molar-refractivity contribution in [1.82, 2.24) is 20.0 Å². The Balaban J connectivity index is 1.76. The molecule has 1 aromatic carbocycles. The molecule has 0 saturated carbocycles. The van der Waals surface area contributed by atoms with Crippen molar-refractivity contribution in [2.45, 2.75) is 39.3 Å². The summed E-state index contributed by atoms with van der Waals surface area (Å²) < 4.78 is 13.8. The van der Waals surface area contributed by atoms with Gasteiger partial charge in [-0.1, -0.05) is 11.2 Å². The fraction of sp³-hybridized carbons (Fsp3) is 0.320. The van der Waals surface area contributed by atoms with Gasteiger partial charge in [-0.2, -0.15) is 0 Å². The van der Waals surface area contributed by atoms with Gasteiger partial charge in [0.15, 0.2) is 0 Å². The molecule has 164 valence electrons. The molecule has 0 bridgehead atoms. The molecular formula is C25H26N4O3. The largest absolute Gasteiger partial charge is 0.490 e. The molecule has 3 aromatic heterocycles. The molecule has 4 heterocycles. The lowest BCUT2D eigenvalue weighted by molar-refractivity contribution is 0.163. The van der Waals surface area contributed by atoms with Crippen LogP contribution in [0.4, 0.5) is 0 Å². The number of hydrogen-bond donors (Lipinski definition) is 1. The molecule has 0 spiro atoms. The number of nitrogens with zero attached hydrogens (tertiary/aromatic N) is 3. The number of hydrogen-bond acceptors (Lipinski definition) is 6. The highest BCUT2D eigenvalue weighted by Gasteiger charge is 2.24. The van der Waals surface area contributed by atoms with Crippen molar-refractivity contribution in [3.63, 3.8) is 0 Å². The van der Waals surface area contributed by atoms with Crippen LogP contribution < -0.4 is 15.6 Å². The summed E-state index contributed by atoms with van der Waals surface area (Å²) in [4.78, 5) is 17.5. The third-order valence-electron chi connectivity index (χ3n) is 6.02. The Morgan fingerprint density at radius 2 is 1.91 bits per heavy atom. The van der Waals surface area contributed by atoms with E-state index in [1.165, 1.54) is 0 Å². The Hall–Kier alpha value is -3.45. The summed E-state index contributed by atoms with van der Waals surface area (Å²) >= 11 is 0. The van der Waals surface area contributed by atoms with Crippen LogP contribution in [0.2, 0.25) is 0 Å². The summed E-state index contributed by atoms with van der Waals surface area (Å²) in [5.74, 6) is 1.45. The number of aryl methyl sites for hydroxylation is 2. The topological polar surface area (TPSA) is 82.2 Å². The van der Waals surface area contributed by atoms with Crippen LogP contribution in [-0.4, -0.2) is 33.9 Å². The lowest BCUT2D eigenvalue weighted by atomic mass is 9.98. The van der Waals surface area contributed by atoms with Crippen LogP contribution in [0.25, 0.3) is 22.0 Å². The molecule has 1 fully saturated rings. The Kier molecular flexibility index (Phi) is 5.49. The van der Waals surface area contributed by atoms with Crippen molar-refractivity contribution in [1.29, 1.82) is 0 Å². The summed E-state index contributed by atoms with van der Waals surface area (Å²) in [6, 6.07) is 13.2. The van der Waals surface area contributed by atoms with E-state index in [2.05, 4.69) is 15.5 Å². The maximum Gasteiger partial charge on any atom is 0.251 e. The summed E-state index contributed by atoms with van der Waals surface area (Å²) in [6.07, 6.45) is 3.74. The fourth-order valence-electron chi connectivity index (χ4n) is 4.46. The predicted molar refractivity (Wildman–Crippen MR) is 123 cm³/mol. The van der Waals surface area contributed by atoms with Gasteiger partial charge in [0.1, 0.15) is 17.6 Å². The molecular weight excluding hydrogens is 404 g/mol. The van der Waals surface area contributed by atoms with Gasteiger partial charge in [-0.15, -0.1) is 0 Å². The van der Waals surface area contributed by atoms with Gasteiger partial charge in [0.2, 0.25) is 0 Å². The van der Waals surface area contributed by atoms with Crippen molar-refractivity contribution in [2.75, 3.05) is 13.1 Å². The number of ether oxygens (including phenoxy) is 1. The minimum Gasteiger partial charge on any atom is -0.490 e. The van der Waals surface area contributed by atoms with Gasteiger partial charge in [-0.3, -0.25) is 9.78 Å². The number of piperidine rings is 1. The minimum atomic E-state index is -0.0878. The van der Waals surface area contributed by atoms with E-state index in [0.717, 1.165) is 65.1 Å². The van der Waals surface area contributed by atoms with E-state index in [1.54, 1.807) is 16.8 Å². The van der Waals surface area contributed by atoms with E-state index in [9.17, 15) is 4.79 Å². The first kappa shape index (κ1) is 20.5. The molecule has 1 saturated heterocycles. The zero-order chi connectivity index (χ0) is 22.1. The molecule has 0 aliphatic carbocycles. The van der Waals surface area contributed by atoms with Gasteiger partial charge < -0.3 is 19.1 Å². The minimum absolute atomic E-state index is 0.0878. The summed E-state index contributed by atoms with van der Waals surface area (Å²) in [6.45, 7) is 6.05. The summed E-state index contributed by atoms with van der Waals surface area (Å²) in [7, 11) is 0. The van der Waals surface area contributed by atoms with E-state index in [4.69, 9.17) is 9.26 Å². The first-order chi connectivity index (χ1) is 15.6. The van der Waals surface area contributed by atoms with E-state index in [-0.39, 0.29) is 11.7 Å². The highest BCUT2D eigenvalue weighted by molar-refractivity contribution is 5.98. The molecule has 5 rings (SSSR count). The van der Waals surface area contributed by atoms with Gasteiger partial charge in [0.25, 0.3) is 5.56 Å². The molecule has 7 heteroatoms. The Morgan fingerprint density at radius 1 is 1.09 bits per heavy atom. The molecule has 1 aliphatic rings. The van der Waals surface area contributed by atoms with Crippen LogP contribution in [0.5, 0.6) is 5.75 Å². The quantitative estimate of drug-likeness (QED) is 0.518. The van der Waals surface area contributed by atoms with Crippen LogP contribution in [0.1, 0.15) is 30.0 Å². The van der Waals surface area contributed by atoms with Gasteiger partial charge in [0.05, 0.1) is 34.6 Å². The standard InChI is InChI=1S/C25H26N4O3/c1-16-23(17(2)32-28-16)24-21(31-20-10-13-26-14-11-20)8-6-18-7-9-22(30)29(25(18)24)15-19-5-3-4-12-27-19/h3-9,12,20,26H,10-11,13-15H2,1-2H3. The maximum atomic E-state index is 13.1. The number of benzene rings is 1. The average Bonchev–Trinajstić information content (AvgIpc) is 3.15. The molecule has 0 radical (unpaired) electrons. The molecule has 4 aromatic rings. The summed E-state index contributed by atoms with van der Waals surface area (Å²) in [5, 5.41) is 8.51. The Labute approximate surface area is 186 Å². The van der Waals surface area contributed by atoms with E-state index < -0.39 is 0 Å². The number of nitrogens with one attached hydrogen (secondary N) is 1. The van der Waals surface area contributed by atoms with Crippen LogP contribution in [0.15, 0.2) is 58.0 Å². The Bertz CT molecular complexity index is 1280. The SMILES string of the molecule is Cc1noc(C)c1-c1c(OC2CCNCC2)ccc2ccc(=O)n(Cc3ccccn3)c12. The van der Waals surface area contributed by atoms with Gasteiger partial charge in [-0.25, -0.2) is 0 Å². The van der Waals surface area contributed by atoms with Crippen molar-refractivity contribution >= 4 is 10.9 Å². The van der Waals surface area contributed by atoms with E-state index in [0.29, 0.717) is 12.3 Å². The molecule has 0 unspecified atom stereocenters. The molecule has 0 atom stereocenters. The number of fused-ring (bicyclic) bond motifs is 1. The van der Waals surface area contributed by atoms with Gasteiger partial charge in [-0.05, 0) is 75.5 Å². The monoisotopic (exact) mass is 430 g/mol. The van der Waals surface area contributed by atoms with Crippen molar-refractivity contribution in [3.8, 4) is 16.9 Å².